The maximum atomic E-state index is 12.3. The molecule has 0 unspecified atom stereocenters. The Hall–Kier alpha value is -3.88. The van der Waals surface area contributed by atoms with Crippen LogP contribution >= 0.6 is 0 Å². The van der Waals surface area contributed by atoms with Crippen molar-refractivity contribution in [3.05, 3.63) is 64.2 Å². The smallest absolute Gasteiger partial charge is 0.331 e. The number of ether oxygens (including phenoxy) is 3. The average Bonchev–Trinajstić information content (AvgIpc) is 2.72. The Balaban J connectivity index is 1.98. The van der Waals surface area contributed by atoms with Crippen LogP contribution in [0.2, 0.25) is 0 Å². The molecule has 0 bridgehead atoms. The van der Waals surface area contributed by atoms with Gasteiger partial charge in [-0.05, 0) is 36.8 Å². The number of hydrogen-bond acceptors (Lipinski definition) is 7. The van der Waals surface area contributed by atoms with Gasteiger partial charge in [-0.3, -0.25) is 14.9 Å². The fraction of sp³-hybridized carbons (Fsp3) is 0.200. The lowest BCUT2D eigenvalue weighted by Crippen LogP contribution is -2.29. The topological polar surface area (TPSA) is 117 Å². The van der Waals surface area contributed by atoms with Crippen LogP contribution in [0.1, 0.15) is 12.5 Å². The highest BCUT2D eigenvalue weighted by molar-refractivity contribution is 5.97. The van der Waals surface area contributed by atoms with Crippen molar-refractivity contribution >= 4 is 29.3 Å². The molecule has 0 radical (unpaired) electrons. The molecule has 9 heteroatoms. The van der Waals surface area contributed by atoms with Crippen LogP contribution in [0.15, 0.2) is 48.5 Å². The summed E-state index contributed by atoms with van der Waals surface area (Å²) < 4.78 is 15.2. The number of esters is 1. The molecule has 0 aliphatic heterocycles. The summed E-state index contributed by atoms with van der Waals surface area (Å²) in [5, 5.41) is 13.3. The van der Waals surface area contributed by atoms with Crippen LogP contribution in [-0.2, 0) is 14.3 Å². The molecule has 0 saturated heterocycles. The van der Waals surface area contributed by atoms with Gasteiger partial charge in [-0.25, -0.2) is 4.79 Å². The van der Waals surface area contributed by atoms with Gasteiger partial charge in [0.25, 0.3) is 11.6 Å². The van der Waals surface area contributed by atoms with Gasteiger partial charge < -0.3 is 19.5 Å². The molecule has 1 amide bonds. The van der Waals surface area contributed by atoms with Crippen LogP contribution in [0.3, 0.4) is 0 Å². The zero-order chi connectivity index (χ0) is 21.4. The van der Waals surface area contributed by atoms with Gasteiger partial charge in [0, 0.05) is 12.1 Å². The van der Waals surface area contributed by atoms with Crippen LogP contribution in [0, 0.1) is 10.1 Å². The quantitative estimate of drug-likeness (QED) is 0.313. The number of amides is 1. The van der Waals surface area contributed by atoms with Crippen LogP contribution in [-0.4, -0.2) is 37.1 Å². The van der Waals surface area contributed by atoms with Crippen molar-refractivity contribution in [1.82, 2.24) is 0 Å². The van der Waals surface area contributed by atoms with E-state index in [1.807, 2.05) is 0 Å². The van der Waals surface area contributed by atoms with E-state index in [9.17, 15) is 19.7 Å². The number of carbonyl (C=O) groups is 2. The molecule has 1 atom stereocenters. The molecular formula is C20H20N2O7. The van der Waals surface area contributed by atoms with Crippen molar-refractivity contribution in [2.24, 2.45) is 0 Å². The van der Waals surface area contributed by atoms with E-state index in [4.69, 9.17) is 14.2 Å². The minimum Gasteiger partial charge on any atom is -0.497 e. The number of anilines is 1. The Morgan fingerprint density at radius 1 is 1.14 bits per heavy atom. The lowest BCUT2D eigenvalue weighted by molar-refractivity contribution is -0.384. The van der Waals surface area contributed by atoms with E-state index in [1.165, 1.54) is 51.5 Å². The largest absolute Gasteiger partial charge is 0.497 e. The SMILES string of the molecule is COc1cccc(/C=C/C(=O)O[C@H](C)C(=O)Nc2ccc([N+](=O)[O-])cc2OC)c1. The summed E-state index contributed by atoms with van der Waals surface area (Å²) in [5.41, 5.74) is 0.772. The fourth-order valence-corrected chi connectivity index (χ4v) is 2.31. The number of nitrogens with zero attached hydrogens (tertiary/aromatic N) is 1. The van der Waals surface area contributed by atoms with Crippen molar-refractivity contribution in [3.63, 3.8) is 0 Å². The highest BCUT2D eigenvalue weighted by atomic mass is 16.6. The maximum absolute atomic E-state index is 12.3. The van der Waals surface area contributed by atoms with Crippen LogP contribution in [0.5, 0.6) is 11.5 Å². The summed E-state index contributed by atoms with van der Waals surface area (Å²) >= 11 is 0. The number of carbonyl (C=O) groups excluding carboxylic acids is 2. The molecule has 2 aromatic rings. The second-order valence-corrected chi connectivity index (χ2v) is 5.82. The average molecular weight is 400 g/mol. The van der Waals surface area contributed by atoms with Gasteiger partial charge in [0.15, 0.2) is 6.10 Å². The normalized spacial score (nSPS) is 11.6. The van der Waals surface area contributed by atoms with Crippen molar-refractivity contribution < 1.29 is 28.7 Å². The zero-order valence-corrected chi connectivity index (χ0v) is 16.1. The first-order chi connectivity index (χ1) is 13.8. The van der Waals surface area contributed by atoms with Crippen molar-refractivity contribution in [2.75, 3.05) is 19.5 Å². The minimum absolute atomic E-state index is 0.115. The van der Waals surface area contributed by atoms with Gasteiger partial charge in [0.1, 0.15) is 11.5 Å². The van der Waals surface area contributed by atoms with E-state index < -0.39 is 22.9 Å². The highest BCUT2D eigenvalue weighted by Gasteiger charge is 2.19. The lowest BCUT2D eigenvalue weighted by Gasteiger charge is -2.14. The molecule has 0 heterocycles. The third-order valence-electron chi connectivity index (χ3n) is 3.82. The molecule has 0 aromatic heterocycles. The summed E-state index contributed by atoms with van der Waals surface area (Å²) in [6.07, 6.45) is 1.64. The first kappa shape index (κ1) is 21.4. The Morgan fingerprint density at radius 2 is 1.90 bits per heavy atom. The maximum Gasteiger partial charge on any atom is 0.331 e. The lowest BCUT2D eigenvalue weighted by atomic mass is 10.2. The van der Waals surface area contributed by atoms with E-state index in [0.29, 0.717) is 5.75 Å². The Bertz CT molecular complexity index is 940. The standard InChI is InChI=1S/C20H20N2O7/c1-13(29-19(23)10-7-14-5-4-6-16(11-14)27-2)20(24)21-17-9-8-15(22(25)26)12-18(17)28-3/h4-13H,1-3H3,(H,21,24)/b10-7+/t13-/m1/s1. The molecule has 2 aromatic carbocycles. The third kappa shape index (κ3) is 6.06. The molecular weight excluding hydrogens is 380 g/mol. The van der Waals surface area contributed by atoms with Crippen LogP contribution < -0.4 is 14.8 Å². The molecule has 9 nitrogen and oxygen atoms in total. The van der Waals surface area contributed by atoms with Crippen LogP contribution in [0.25, 0.3) is 6.08 Å². The first-order valence-corrected chi connectivity index (χ1v) is 8.50. The number of nitrogens with one attached hydrogen (secondary N) is 1. The Labute approximate surface area is 167 Å². The summed E-state index contributed by atoms with van der Waals surface area (Å²) in [6.45, 7) is 1.41. The summed E-state index contributed by atoms with van der Waals surface area (Å²) in [4.78, 5) is 34.5. The van der Waals surface area contributed by atoms with Crippen molar-refractivity contribution in [1.29, 1.82) is 0 Å². The highest BCUT2D eigenvalue weighted by Crippen LogP contribution is 2.29. The Kier molecular flexibility index (Phi) is 7.30. The minimum atomic E-state index is -1.10. The predicted molar refractivity (Wildman–Crippen MR) is 106 cm³/mol. The molecule has 2 rings (SSSR count). The monoisotopic (exact) mass is 400 g/mol. The molecule has 0 saturated carbocycles. The van der Waals surface area contributed by atoms with E-state index >= 15 is 0 Å². The molecule has 0 aliphatic rings. The molecule has 0 aliphatic carbocycles. The second kappa shape index (κ2) is 9.88. The van der Waals surface area contributed by atoms with Crippen molar-refractivity contribution in [2.45, 2.75) is 13.0 Å². The molecule has 1 N–H and O–H groups in total. The van der Waals surface area contributed by atoms with Gasteiger partial charge >= 0.3 is 5.97 Å². The van der Waals surface area contributed by atoms with Gasteiger partial charge in [-0.1, -0.05) is 12.1 Å². The predicted octanol–water partition coefficient (Wildman–Crippen LogP) is 3.20. The number of rotatable bonds is 8. The molecule has 152 valence electrons. The number of nitro groups is 1. The van der Waals surface area contributed by atoms with E-state index in [-0.39, 0.29) is 17.1 Å². The number of nitro benzene ring substituents is 1. The fourth-order valence-electron chi connectivity index (χ4n) is 2.31. The first-order valence-electron chi connectivity index (χ1n) is 8.50. The summed E-state index contributed by atoms with van der Waals surface area (Å²) in [7, 11) is 2.86. The second-order valence-electron chi connectivity index (χ2n) is 5.82. The number of benzene rings is 2. The molecule has 29 heavy (non-hydrogen) atoms. The van der Waals surface area contributed by atoms with E-state index in [0.717, 1.165) is 5.56 Å². The summed E-state index contributed by atoms with van der Waals surface area (Å²) in [5.74, 6) is -0.555. The van der Waals surface area contributed by atoms with Gasteiger partial charge in [0.2, 0.25) is 0 Å². The van der Waals surface area contributed by atoms with E-state index in [1.54, 1.807) is 24.3 Å². The van der Waals surface area contributed by atoms with E-state index in [2.05, 4.69) is 5.32 Å². The summed E-state index contributed by atoms with van der Waals surface area (Å²) in [6, 6.07) is 10.8. The van der Waals surface area contributed by atoms with Gasteiger partial charge in [0.05, 0.1) is 30.9 Å². The number of non-ortho nitro benzene ring substituents is 1. The molecule has 0 fully saturated rings. The zero-order valence-electron chi connectivity index (χ0n) is 16.1. The third-order valence-corrected chi connectivity index (χ3v) is 3.82. The number of hydrogen-bond donors (Lipinski definition) is 1. The molecule has 0 spiro atoms. The van der Waals surface area contributed by atoms with Gasteiger partial charge in [-0.15, -0.1) is 0 Å². The number of methoxy groups -OCH3 is 2. The van der Waals surface area contributed by atoms with Crippen molar-refractivity contribution in [3.8, 4) is 11.5 Å². The Morgan fingerprint density at radius 3 is 2.55 bits per heavy atom. The van der Waals surface area contributed by atoms with Gasteiger partial charge in [-0.2, -0.15) is 0 Å². The van der Waals surface area contributed by atoms with Crippen LogP contribution in [0.4, 0.5) is 11.4 Å².